The van der Waals surface area contributed by atoms with Crippen LogP contribution in [0.15, 0.2) is 53.3 Å². The van der Waals surface area contributed by atoms with Gasteiger partial charge < -0.3 is 36.3 Å². The Kier molecular flexibility index (Phi) is 7.84. The number of primary amides is 1. The Bertz CT molecular complexity index is 1650. The molecule has 3 aliphatic carbocycles. The molecule has 1 saturated carbocycles. The number of nitrogens with two attached hydrogens (primary N) is 1. The van der Waals surface area contributed by atoms with Gasteiger partial charge in [-0.15, -0.1) is 0 Å². The molecular weight excluding hydrogens is 572 g/mol. The van der Waals surface area contributed by atoms with Crippen molar-refractivity contribution in [1.82, 2.24) is 9.96 Å². The van der Waals surface area contributed by atoms with Crippen molar-refractivity contribution in [1.29, 1.82) is 0 Å². The zero-order valence-electron chi connectivity index (χ0n) is 24.6. The molecule has 1 fully saturated rings. The minimum Gasteiger partial charge on any atom is -0.508 e. The van der Waals surface area contributed by atoms with Gasteiger partial charge in [0.2, 0.25) is 11.7 Å². The van der Waals surface area contributed by atoms with Gasteiger partial charge in [0.25, 0.3) is 5.91 Å². The second-order valence-electron chi connectivity index (χ2n) is 11.5. The molecule has 13 heteroatoms. The third-order valence-corrected chi connectivity index (χ3v) is 8.76. The lowest BCUT2D eigenvalue weighted by Gasteiger charge is -2.50. The third-order valence-electron chi connectivity index (χ3n) is 8.76. The highest BCUT2D eigenvalue weighted by Crippen LogP contribution is 2.53. The fourth-order valence-electron chi connectivity index (χ4n) is 6.71. The molecule has 0 saturated heterocycles. The number of hydroxylamine groups is 2. The van der Waals surface area contributed by atoms with E-state index in [-0.39, 0.29) is 42.2 Å². The van der Waals surface area contributed by atoms with E-state index in [0.29, 0.717) is 22.4 Å². The molecule has 4 atom stereocenters. The number of Topliss-reactive ketones (excluding diaryl/α,β-unsaturated/α-hetero) is 2. The Labute approximate surface area is 252 Å². The van der Waals surface area contributed by atoms with Gasteiger partial charge in [0, 0.05) is 24.2 Å². The summed E-state index contributed by atoms with van der Waals surface area (Å²) >= 11 is 0. The Hall–Kier alpha value is -4.56. The standard InChI is InChI=1S/C31H34N4O9/c1-34(2)25-19-12-15-11-18-17(14-5-7-16(8-6-14)33-21(37)13-35(3)44-4)9-10-20(36)23(18)26(38)22(15)28(40)31(19,43)29(41)24(27(25)39)30(32)42/h5-10,15,19,25,36,38,41,43H,11-13H2,1-4H3,(H2,32,42)(H,33,37). The predicted molar refractivity (Wildman–Crippen MR) is 158 cm³/mol. The predicted octanol–water partition coefficient (Wildman–Crippen LogP) is 1.06. The normalized spacial score (nSPS) is 24.8. The van der Waals surface area contributed by atoms with E-state index in [0.717, 1.165) is 0 Å². The van der Waals surface area contributed by atoms with Crippen LogP contribution < -0.4 is 11.1 Å². The summed E-state index contributed by atoms with van der Waals surface area (Å²) in [5.41, 5.74) is 4.02. The number of anilines is 1. The average molecular weight is 607 g/mol. The van der Waals surface area contributed by atoms with Crippen LogP contribution in [0.2, 0.25) is 0 Å². The molecule has 0 heterocycles. The summed E-state index contributed by atoms with van der Waals surface area (Å²) in [5.74, 6) is -7.31. The van der Waals surface area contributed by atoms with Crippen LogP contribution in [-0.4, -0.2) is 100 Å². The number of benzene rings is 2. The van der Waals surface area contributed by atoms with Crippen LogP contribution in [0.4, 0.5) is 5.69 Å². The highest BCUT2D eigenvalue weighted by molar-refractivity contribution is 6.24. The number of phenols is 1. The third kappa shape index (κ3) is 4.74. The van der Waals surface area contributed by atoms with Crippen LogP contribution in [0, 0.1) is 11.8 Å². The summed E-state index contributed by atoms with van der Waals surface area (Å²) in [4.78, 5) is 58.1. The first-order chi connectivity index (χ1) is 20.7. The van der Waals surface area contributed by atoms with Gasteiger partial charge in [-0.25, -0.2) is 0 Å². The van der Waals surface area contributed by atoms with Crippen LogP contribution in [0.5, 0.6) is 5.75 Å². The maximum atomic E-state index is 14.0. The van der Waals surface area contributed by atoms with Crippen molar-refractivity contribution in [3.63, 3.8) is 0 Å². The first-order valence-electron chi connectivity index (χ1n) is 13.9. The number of aromatic hydroxyl groups is 1. The fraction of sp³-hybridized carbons (Fsp3) is 0.355. The molecule has 2 amide bonds. The molecule has 2 aromatic carbocycles. The van der Waals surface area contributed by atoms with Crippen molar-refractivity contribution in [2.24, 2.45) is 17.6 Å². The number of carbonyl (C=O) groups is 4. The molecule has 5 rings (SSSR count). The number of hydrogen-bond donors (Lipinski definition) is 6. The van der Waals surface area contributed by atoms with Crippen LogP contribution in [-0.2, 0) is 30.4 Å². The number of ketones is 2. The number of aliphatic hydroxyl groups is 3. The molecule has 44 heavy (non-hydrogen) atoms. The van der Waals surface area contributed by atoms with E-state index >= 15 is 0 Å². The largest absolute Gasteiger partial charge is 0.508 e. The average Bonchev–Trinajstić information content (AvgIpc) is 2.95. The minimum atomic E-state index is -2.70. The number of fused-ring (bicyclic) bond motifs is 3. The smallest absolute Gasteiger partial charge is 0.255 e. The number of carbonyl (C=O) groups excluding carboxylic acids is 4. The zero-order chi connectivity index (χ0) is 32.2. The SMILES string of the molecule is CON(C)CC(=O)Nc1ccc(-c2ccc(O)c3c2CC2CC4C(N(C)C)C(=O)C(C(N)=O)=C(O)C4(O)C(=O)C2=C3O)cc1. The van der Waals surface area contributed by atoms with E-state index in [1.54, 1.807) is 51.5 Å². The molecular formula is C31H34N4O9. The number of nitrogens with zero attached hydrogens (tertiary/aromatic N) is 2. The van der Waals surface area contributed by atoms with Gasteiger partial charge in [-0.1, -0.05) is 18.2 Å². The maximum absolute atomic E-state index is 14.0. The number of nitrogens with one attached hydrogen (secondary N) is 1. The summed E-state index contributed by atoms with van der Waals surface area (Å²) in [6, 6.07) is 8.81. The van der Waals surface area contributed by atoms with E-state index in [2.05, 4.69) is 5.32 Å². The highest BCUT2D eigenvalue weighted by atomic mass is 16.7. The van der Waals surface area contributed by atoms with Gasteiger partial charge in [0.15, 0.2) is 11.4 Å². The molecule has 4 unspecified atom stereocenters. The second kappa shape index (κ2) is 11.2. The second-order valence-corrected chi connectivity index (χ2v) is 11.5. The molecule has 2 aromatic rings. The van der Waals surface area contributed by atoms with E-state index < -0.39 is 58.0 Å². The summed E-state index contributed by atoms with van der Waals surface area (Å²) in [5, 5.41) is 49.1. The summed E-state index contributed by atoms with van der Waals surface area (Å²) < 4.78 is 0. The van der Waals surface area contributed by atoms with Gasteiger partial charge >= 0.3 is 0 Å². The molecule has 232 valence electrons. The lowest BCUT2D eigenvalue weighted by Crippen LogP contribution is -2.65. The van der Waals surface area contributed by atoms with E-state index in [1.165, 1.54) is 23.1 Å². The number of aliphatic hydroxyl groups excluding tert-OH is 2. The summed E-state index contributed by atoms with van der Waals surface area (Å²) in [6.07, 6.45) is 0.141. The Morgan fingerprint density at radius 3 is 2.32 bits per heavy atom. The molecule has 0 aliphatic heterocycles. The molecule has 0 aromatic heterocycles. The Morgan fingerprint density at radius 1 is 1.07 bits per heavy atom. The van der Waals surface area contributed by atoms with Gasteiger partial charge in [-0.3, -0.25) is 24.1 Å². The molecule has 0 bridgehead atoms. The van der Waals surface area contributed by atoms with Crippen molar-refractivity contribution in [2.75, 3.05) is 40.1 Å². The topological polar surface area (TPSA) is 203 Å². The van der Waals surface area contributed by atoms with Gasteiger partial charge in [0.05, 0.1) is 18.7 Å². The molecule has 3 aliphatic rings. The quantitative estimate of drug-likeness (QED) is 0.194. The minimum absolute atomic E-state index is 0.00114. The monoisotopic (exact) mass is 606 g/mol. The zero-order valence-corrected chi connectivity index (χ0v) is 24.6. The number of phenolic OH excluding ortho intramolecular Hbond substituents is 1. The number of likely N-dealkylation sites (N-methyl/N-ethyl adjacent to an activating group) is 2. The van der Waals surface area contributed by atoms with Crippen LogP contribution in [0.3, 0.4) is 0 Å². The van der Waals surface area contributed by atoms with E-state index in [9.17, 15) is 39.6 Å². The number of hydrogen-bond acceptors (Lipinski definition) is 11. The van der Waals surface area contributed by atoms with Crippen LogP contribution >= 0.6 is 0 Å². The van der Waals surface area contributed by atoms with Crippen molar-refractivity contribution >= 4 is 34.8 Å². The first-order valence-corrected chi connectivity index (χ1v) is 13.9. The van der Waals surface area contributed by atoms with Gasteiger partial charge in [-0.2, -0.15) is 5.06 Å². The van der Waals surface area contributed by atoms with Crippen molar-refractivity contribution in [3.8, 4) is 16.9 Å². The molecule has 7 N–H and O–H groups in total. The van der Waals surface area contributed by atoms with Crippen molar-refractivity contribution in [3.05, 3.63) is 64.4 Å². The lowest BCUT2D eigenvalue weighted by atomic mass is 9.57. The number of rotatable bonds is 7. The van der Waals surface area contributed by atoms with Crippen LogP contribution in [0.25, 0.3) is 16.9 Å². The van der Waals surface area contributed by atoms with Crippen molar-refractivity contribution in [2.45, 2.75) is 24.5 Å². The summed E-state index contributed by atoms with van der Waals surface area (Å²) in [7, 11) is 6.17. The van der Waals surface area contributed by atoms with E-state index in [4.69, 9.17) is 10.6 Å². The number of amides is 2. The van der Waals surface area contributed by atoms with Gasteiger partial charge in [-0.05, 0) is 67.7 Å². The maximum Gasteiger partial charge on any atom is 0.255 e. The van der Waals surface area contributed by atoms with Crippen molar-refractivity contribution < 1.29 is 44.4 Å². The van der Waals surface area contributed by atoms with Crippen LogP contribution in [0.1, 0.15) is 17.5 Å². The fourth-order valence-corrected chi connectivity index (χ4v) is 6.71. The summed E-state index contributed by atoms with van der Waals surface area (Å²) in [6.45, 7) is 0.0194. The Balaban J connectivity index is 1.58. The Morgan fingerprint density at radius 2 is 1.73 bits per heavy atom. The molecule has 13 nitrogen and oxygen atoms in total. The van der Waals surface area contributed by atoms with E-state index in [1.807, 2.05) is 0 Å². The highest BCUT2D eigenvalue weighted by Gasteiger charge is 2.64. The molecule has 0 spiro atoms. The lowest BCUT2D eigenvalue weighted by molar-refractivity contribution is -0.153. The first kappa shape index (κ1) is 30.9. The molecule has 0 radical (unpaired) electrons. The van der Waals surface area contributed by atoms with Gasteiger partial charge in [0.1, 0.15) is 29.4 Å².